The van der Waals surface area contributed by atoms with Crippen LogP contribution in [0, 0.1) is 10.1 Å². The van der Waals surface area contributed by atoms with Crippen molar-refractivity contribution in [3.05, 3.63) is 33.9 Å². The number of aliphatic hydroxyl groups excluding tert-OH is 1. The average molecular weight is 338 g/mol. The summed E-state index contributed by atoms with van der Waals surface area (Å²) < 4.78 is 17.6. The molecular formula is C16H22N2O6. The van der Waals surface area contributed by atoms with Crippen LogP contribution < -0.4 is 10.5 Å². The van der Waals surface area contributed by atoms with Gasteiger partial charge in [0.05, 0.1) is 29.8 Å². The van der Waals surface area contributed by atoms with Crippen LogP contribution in [0.5, 0.6) is 5.75 Å². The van der Waals surface area contributed by atoms with E-state index in [0.717, 1.165) is 0 Å². The Morgan fingerprint density at radius 3 is 2.67 bits per heavy atom. The van der Waals surface area contributed by atoms with Crippen LogP contribution in [-0.2, 0) is 9.47 Å². The Morgan fingerprint density at radius 2 is 2.08 bits per heavy atom. The molecule has 0 spiro atoms. The first-order valence-corrected chi connectivity index (χ1v) is 7.80. The Labute approximate surface area is 139 Å². The Morgan fingerprint density at radius 1 is 1.38 bits per heavy atom. The highest BCUT2D eigenvalue weighted by Gasteiger charge is 2.52. The van der Waals surface area contributed by atoms with Gasteiger partial charge < -0.3 is 25.1 Å². The molecule has 24 heavy (non-hydrogen) atoms. The number of nitrogens with two attached hydrogens (primary N) is 1. The number of ether oxygens (including phenoxy) is 3. The van der Waals surface area contributed by atoms with E-state index in [1.807, 2.05) is 13.8 Å². The maximum atomic E-state index is 10.9. The van der Waals surface area contributed by atoms with Crippen molar-refractivity contribution < 1.29 is 24.2 Å². The summed E-state index contributed by atoms with van der Waals surface area (Å²) in [6.45, 7) is 6.18. The fourth-order valence-corrected chi connectivity index (χ4v) is 3.11. The highest BCUT2D eigenvalue weighted by molar-refractivity contribution is 5.48. The molecule has 0 aliphatic carbocycles. The molecule has 1 aromatic rings. The van der Waals surface area contributed by atoms with Gasteiger partial charge in [0, 0.05) is 17.7 Å². The number of fused-ring (bicyclic) bond motifs is 1. The maximum Gasteiger partial charge on any atom is 0.270 e. The normalized spacial score (nSPS) is 35.0. The van der Waals surface area contributed by atoms with Gasteiger partial charge in [-0.15, -0.1) is 0 Å². The molecule has 2 heterocycles. The van der Waals surface area contributed by atoms with Crippen LogP contribution in [0.25, 0.3) is 0 Å². The summed E-state index contributed by atoms with van der Waals surface area (Å²) in [4.78, 5) is 10.4. The highest BCUT2D eigenvalue weighted by atomic mass is 16.6. The third kappa shape index (κ3) is 2.75. The smallest absolute Gasteiger partial charge is 0.270 e. The van der Waals surface area contributed by atoms with E-state index in [-0.39, 0.29) is 12.3 Å². The SMILES string of the molecule is CC1(C)COC([C@@]2(C)Oc3ccc([N+](=O)[O-])cc3[C@@H](N)[C@@H]2O)CO1. The molecule has 0 saturated carbocycles. The van der Waals surface area contributed by atoms with Crippen molar-refractivity contribution in [1.29, 1.82) is 0 Å². The van der Waals surface area contributed by atoms with Crippen LogP contribution in [0.1, 0.15) is 32.4 Å². The number of nitrogens with zero attached hydrogens (tertiary/aromatic N) is 1. The lowest BCUT2D eigenvalue weighted by molar-refractivity contribution is -0.385. The van der Waals surface area contributed by atoms with Crippen LogP contribution in [0.4, 0.5) is 5.69 Å². The zero-order valence-electron chi connectivity index (χ0n) is 13.9. The van der Waals surface area contributed by atoms with Crippen LogP contribution in [0.3, 0.4) is 0 Å². The summed E-state index contributed by atoms with van der Waals surface area (Å²) in [6.07, 6.45) is -1.60. The molecule has 0 radical (unpaired) electrons. The number of hydrogen-bond donors (Lipinski definition) is 2. The third-order valence-electron chi connectivity index (χ3n) is 4.72. The van der Waals surface area contributed by atoms with E-state index in [9.17, 15) is 15.2 Å². The number of nitro groups is 1. The Hall–Kier alpha value is -1.74. The molecule has 1 unspecified atom stereocenters. The predicted molar refractivity (Wildman–Crippen MR) is 84.8 cm³/mol. The van der Waals surface area contributed by atoms with Crippen molar-refractivity contribution in [3.8, 4) is 5.75 Å². The first-order valence-electron chi connectivity index (χ1n) is 7.80. The molecule has 0 amide bonds. The first-order chi connectivity index (χ1) is 11.1. The second-order valence-corrected chi connectivity index (χ2v) is 7.11. The molecule has 4 atom stereocenters. The van der Waals surface area contributed by atoms with Gasteiger partial charge >= 0.3 is 0 Å². The average Bonchev–Trinajstić information content (AvgIpc) is 2.52. The van der Waals surface area contributed by atoms with Gasteiger partial charge in [-0.05, 0) is 26.8 Å². The molecule has 1 fully saturated rings. The van der Waals surface area contributed by atoms with Crippen molar-refractivity contribution in [1.82, 2.24) is 0 Å². The molecule has 2 aliphatic heterocycles. The molecule has 3 rings (SSSR count). The highest BCUT2D eigenvalue weighted by Crippen LogP contribution is 2.43. The molecular weight excluding hydrogens is 316 g/mol. The van der Waals surface area contributed by atoms with Crippen LogP contribution in [0.15, 0.2) is 18.2 Å². The topological polar surface area (TPSA) is 117 Å². The van der Waals surface area contributed by atoms with E-state index in [1.54, 1.807) is 6.92 Å². The first kappa shape index (κ1) is 17.1. The third-order valence-corrected chi connectivity index (χ3v) is 4.72. The summed E-state index contributed by atoms with van der Waals surface area (Å²) in [5, 5.41) is 21.6. The van der Waals surface area contributed by atoms with Gasteiger partial charge in [-0.2, -0.15) is 0 Å². The molecule has 1 saturated heterocycles. The van der Waals surface area contributed by atoms with Crippen LogP contribution in [0.2, 0.25) is 0 Å². The molecule has 0 aromatic heterocycles. The molecule has 8 nitrogen and oxygen atoms in total. The zero-order valence-corrected chi connectivity index (χ0v) is 13.9. The van der Waals surface area contributed by atoms with E-state index in [4.69, 9.17) is 19.9 Å². The fourth-order valence-electron chi connectivity index (χ4n) is 3.11. The second kappa shape index (κ2) is 5.66. The van der Waals surface area contributed by atoms with E-state index in [2.05, 4.69) is 0 Å². The Kier molecular flexibility index (Phi) is 4.03. The van der Waals surface area contributed by atoms with Crippen molar-refractivity contribution >= 4 is 5.69 Å². The lowest BCUT2D eigenvalue weighted by Crippen LogP contribution is -2.64. The van der Waals surface area contributed by atoms with Crippen LogP contribution in [-0.4, -0.2) is 46.7 Å². The predicted octanol–water partition coefficient (Wildman–Crippen LogP) is 1.30. The summed E-state index contributed by atoms with van der Waals surface area (Å²) in [6, 6.07) is 3.37. The molecule has 2 aliphatic rings. The quantitative estimate of drug-likeness (QED) is 0.616. The van der Waals surface area contributed by atoms with Gasteiger partial charge in [-0.1, -0.05) is 0 Å². The van der Waals surface area contributed by atoms with Crippen LogP contribution >= 0.6 is 0 Å². The van der Waals surface area contributed by atoms with Crippen molar-refractivity contribution in [2.45, 2.75) is 50.2 Å². The number of aliphatic hydroxyl groups is 1. The number of non-ortho nitro benzene ring substituents is 1. The Bertz CT molecular complexity index is 654. The molecule has 3 N–H and O–H groups in total. The monoisotopic (exact) mass is 338 g/mol. The lowest BCUT2D eigenvalue weighted by atomic mass is 9.81. The largest absolute Gasteiger partial charge is 0.482 e. The van der Waals surface area contributed by atoms with Gasteiger partial charge in [-0.3, -0.25) is 10.1 Å². The van der Waals surface area contributed by atoms with Gasteiger partial charge in [0.2, 0.25) is 0 Å². The van der Waals surface area contributed by atoms with E-state index < -0.39 is 34.4 Å². The van der Waals surface area contributed by atoms with Crippen molar-refractivity contribution in [3.63, 3.8) is 0 Å². The minimum Gasteiger partial charge on any atom is -0.482 e. The number of benzene rings is 1. The summed E-state index contributed by atoms with van der Waals surface area (Å²) in [5.41, 5.74) is 4.95. The lowest BCUT2D eigenvalue weighted by Gasteiger charge is -2.49. The number of rotatable bonds is 2. The summed E-state index contributed by atoms with van der Waals surface area (Å²) in [7, 11) is 0. The van der Waals surface area contributed by atoms with Gasteiger partial charge in [0.1, 0.15) is 18.0 Å². The number of nitro benzene ring substituents is 1. The van der Waals surface area contributed by atoms with Gasteiger partial charge in [-0.25, -0.2) is 0 Å². The van der Waals surface area contributed by atoms with Gasteiger partial charge in [0.25, 0.3) is 5.69 Å². The van der Waals surface area contributed by atoms with Crippen molar-refractivity contribution in [2.24, 2.45) is 5.73 Å². The summed E-state index contributed by atoms with van der Waals surface area (Å²) in [5.74, 6) is 0.411. The zero-order chi connectivity index (χ0) is 17.7. The molecule has 1 aromatic carbocycles. The molecule has 0 bridgehead atoms. The molecule has 132 valence electrons. The van der Waals surface area contributed by atoms with E-state index >= 15 is 0 Å². The summed E-state index contributed by atoms with van der Waals surface area (Å²) >= 11 is 0. The Balaban J connectivity index is 1.91. The minimum atomic E-state index is -1.11. The molecule has 8 heteroatoms. The van der Waals surface area contributed by atoms with E-state index in [0.29, 0.717) is 17.9 Å². The maximum absolute atomic E-state index is 10.9. The standard InChI is InChI=1S/C16H22N2O6/c1-15(2)8-22-12(7-23-15)16(3)14(19)13(17)10-6-9(18(20)21)4-5-11(10)24-16/h4-6,12-14,19H,7-8,17H2,1-3H3/t12?,13-,14+,16-/m1/s1. The number of hydrogen-bond acceptors (Lipinski definition) is 7. The van der Waals surface area contributed by atoms with E-state index in [1.165, 1.54) is 18.2 Å². The van der Waals surface area contributed by atoms with Crippen molar-refractivity contribution in [2.75, 3.05) is 13.2 Å². The van der Waals surface area contributed by atoms with Gasteiger partial charge in [0.15, 0.2) is 5.60 Å². The second-order valence-electron chi connectivity index (χ2n) is 7.11. The minimum absolute atomic E-state index is 0.0948. The fraction of sp³-hybridized carbons (Fsp3) is 0.625.